The van der Waals surface area contributed by atoms with E-state index in [0.29, 0.717) is 19.5 Å². The molecule has 0 aromatic heterocycles. The van der Waals surface area contributed by atoms with Gasteiger partial charge in [-0.25, -0.2) is 0 Å². The Morgan fingerprint density at radius 1 is 1.03 bits per heavy atom. The monoisotopic (exact) mass is 471 g/mol. The van der Waals surface area contributed by atoms with Gasteiger partial charge in [-0.05, 0) is 68.6 Å². The summed E-state index contributed by atoms with van der Waals surface area (Å²) in [5.41, 5.74) is 4.01. The molecule has 0 N–H and O–H groups in total. The highest BCUT2D eigenvalue weighted by molar-refractivity contribution is 5.99. The number of carbonyl (C=O) groups excluding carboxylic acids is 2. The van der Waals surface area contributed by atoms with E-state index >= 15 is 0 Å². The zero-order valence-corrected chi connectivity index (χ0v) is 20.9. The fourth-order valence-electron chi connectivity index (χ4n) is 6.12. The van der Waals surface area contributed by atoms with Crippen LogP contribution in [0.1, 0.15) is 50.2 Å². The van der Waals surface area contributed by atoms with Gasteiger partial charge in [0, 0.05) is 37.2 Å². The molecule has 1 atom stereocenters. The summed E-state index contributed by atoms with van der Waals surface area (Å²) in [6.07, 6.45) is 9.22. The van der Waals surface area contributed by atoms with Gasteiger partial charge < -0.3 is 14.7 Å². The molecule has 2 aliphatic heterocycles. The van der Waals surface area contributed by atoms with Crippen LogP contribution in [0.25, 0.3) is 6.08 Å². The predicted octanol–water partition coefficient (Wildman–Crippen LogP) is 4.73. The molecule has 1 unspecified atom stereocenters. The van der Waals surface area contributed by atoms with Gasteiger partial charge in [0.1, 0.15) is 0 Å². The van der Waals surface area contributed by atoms with Crippen LogP contribution in [-0.2, 0) is 15.0 Å². The quantitative estimate of drug-likeness (QED) is 0.559. The number of carbonyl (C=O) groups is 2. The zero-order valence-electron chi connectivity index (χ0n) is 20.9. The lowest BCUT2D eigenvalue weighted by Crippen LogP contribution is -2.43. The van der Waals surface area contributed by atoms with E-state index in [2.05, 4.69) is 48.2 Å². The Morgan fingerprint density at radius 3 is 2.54 bits per heavy atom. The number of likely N-dealkylation sites (tertiary alicyclic amines) is 2. The zero-order chi connectivity index (χ0) is 24.3. The highest BCUT2D eigenvalue weighted by Gasteiger charge is 2.38. The van der Waals surface area contributed by atoms with Gasteiger partial charge in [-0.3, -0.25) is 9.59 Å². The van der Waals surface area contributed by atoms with Crippen molar-refractivity contribution in [2.75, 3.05) is 44.2 Å². The molecule has 5 heteroatoms. The third kappa shape index (κ3) is 4.92. The molecular formula is C30H37N3O2. The van der Waals surface area contributed by atoms with Crippen LogP contribution in [0.2, 0.25) is 0 Å². The summed E-state index contributed by atoms with van der Waals surface area (Å²) < 4.78 is 0. The first kappa shape index (κ1) is 23.8. The molecule has 0 radical (unpaired) electrons. The maximum absolute atomic E-state index is 13.5. The van der Waals surface area contributed by atoms with E-state index in [9.17, 15) is 9.59 Å². The molecule has 0 saturated carbocycles. The van der Waals surface area contributed by atoms with Crippen molar-refractivity contribution in [1.29, 1.82) is 0 Å². The van der Waals surface area contributed by atoms with Crippen molar-refractivity contribution in [3.05, 3.63) is 71.8 Å². The number of hydrogen-bond donors (Lipinski definition) is 0. The average Bonchev–Trinajstić information content (AvgIpc) is 3.44. The van der Waals surface area contributed by atoms with Crippen molar-refractivity contribution in [3.63, 3.8) is 0 Å². The van der Waals surface area contributed by atoms with Crippen LogP contribution in [0.5, 0.6) is 0 Å². The lowest BCUT2D eigenvalue weighted by atomic mass is 9.74. The van der Waals surface area contributed by atoms with Gasteiger partial charge >= 0.3 is 0 Å². The first-order valence-corrected chi connectivity index (χ1v) is 13.2. The lowest BCUT2D eigenvalue weighted by molar-refractivity contribution is -0.128. The minimum atomic E-state index is -0.238. The van der Waals surface area contributed by atoms with Crippen molar-refractivity contribution < 1.29 is 9.59 Å². The first-order valence-electron chi connectivity index (χ1n) is 13.2. The molecule has 2 saturated heterocycles. The Hall–Kier alpha value is -2.92. The van der Waals surface area contributed by atoms with Crippen molar-refractivity contribution in [1.82, 2.24) is 9.80 Å². The summed E-state index contributed by atoms with van der Waals surface area (Å²) >= 11 is 0. The van der Waals surface area contributed by atoms with Crippen LogP contribution in [0.3, 0.4) is 0 Å². The third-order valence-electron chi connectivity index (χ3n) is 8.07. The smallest absolute Gasteiger partial charge is 0.232 e. The summed E-state index contributed by atoms with van der Waals surface area (Å²) in [7, 11) is 0. The lowest BCUT2D eigenvalue weighted by Gasteiger charge is -2.39. The number of amides is 2. The van der Waals surface area contributed by atoms with Gasteiger partial charge in [0.05, 0.1) is 5.92 Å². The summed E-state index contributed by atoms with van der Waals surface area (Å²) in [5, 5.41) is 0. The summed E-state index contributed by atoms with van der Waals surface area (Å²) in [6, 6.07) is 18.8. The Morgan fingerprint density at radius 2 is 1.77 bits per heavy atom. The second kappa shape index (κ2) is 10.4. The number of rotatable bonds is 8. The maximum atomic E-state index is 13.5. The minimum absolute atomic E-state index is 0.0912. The number of benzene rings is 2. The molecule has 1 aliphatic carbocycles. The molecule has 2 aromatic rings. The summed E-state index contributed by atoms with van der Waals surface area (Å²) in [6.45, 7) is 7.21. The Labute approximate surface area is 209 Å². The highest BCUT2D eigenvalue weighted by Crippen LogP contribution is 2.43. The van der Waals surface area contributed by atoms with Crippen LogP contribution in [0.4, 0.5) is 5.69 Å². The molecule has 0 bridgehead atoms. The number of fused-ring (bicyclic) bond motifs is 2. The molecule has 3 aliphatic rings. The molecule has 2 heterocycles. The topological polar surface area (TPSA) is 43.9 Å². The van der Waals surface area contributed by atoms with E-state index in [4.69, 9.17) is 0 Å². The fraction of sp³-hybridized carbons (Fsp3) is 0.467. The standard InChI is InChI=1S/C30H37N3O2/c1-2-17-32-23-25(22-28(32)34)29(35)33(26-10-4-3-5-11-26)19-8-18-31-20-15-30(16-21-31)14-13-24-9-6-7-12-27(24)30/h3-7,9-14,25H,2,8,15-23H2,1H3. The maximum Gasteiger partial charge on any atom is 0.232 e. The van der Waals surface area contributed by atoms with Gasteiger partial charge in [-0.15, -0.1) is 0 Å². The number of para-hydroxylation sites is 1. The van der Waals surface area contributed by atoms with E-state index in [1.54, 1.807) is 0 Å². The van der Waals surface area contributed by atoms with Crippen LogP contribution in [0, 0.1) is 5.92 Å². The van der Waals surface area contributed by atoms with Crippen LogP contribution in [-0.4, -0.2) is 60.9 Å². The van der Waals surface area contributed by atoms with Gasteiger partial charge in [0.25, 0.3) is 0 Å². The second-order valence-corrected chi connectivity index (χ2v) is 10.3. The minimum Gasteiger partial charge on any atom is -0.342 e. The van der Waals surface area contributed by atoms with E-state index in [1.807, 2.05) is 40.1 Å². The van der Waals surface area contributed by atoms with Gasteiger partial charge in [-0.2, -0.15) is 0 Å². The molecular weight excluding hydrogens is 434 g/mol. The van der Waals surface area contributed by atoms with Crippen molar-refractivity contribution >= 4 is 23.6 Å². The number of nitrogens with zero attached hydrogens (tertiary/aromatic N) is 3. The Bertz CT molecular complexity index is 1070. The number of piperidine rings is 1. The number of hydrogen-bond acceptors (Lipinski definition) is 3. The average molecular weight is 472 g/mol. The Balaban J connectivity index is 1.18. The highest BCUT2D eigenvalue weighted by atomic mass is 16.2. The Kier molecular flexibility index (Phi) is 7.05. The molecule has 2 amide bonds. The first-order chi connectivity index (χ1) is 17.1. The predicted molar refractivity (Wildman–Crippen MR) is 141 cm³/mol. The second-order valence-electron chi connectivity index (χ2n) is 10.3. The number of anilines is 1. The van der Waals surface area contributed by atoms with Gasteiger partial charge in [0.2, 0.25) is 11.8 Å². The normalized spacial score (nSPS) is 21.0. The molecule has 5 rings (SSSR count). The van der Waals surface area contributed by atoms with Crippen LogP contribution < -0.4 is 4.90 Å². The summed E-state index contributed by atoms with van der Waals surface area (Å²) in [5.74, 6) is -0.0326. The van der Waals surface area contributed by atoms with Gasteiger partial charge in [-0.1, -0.05) is 61.5 Å². The largest absolute Gasteiger partial charge is 0.342 e. The van der Waals surface area contributed by atoms with E-state index in [-0.39, 0.29) is 23.1 Å². The van der Waals surface area contributed by atoms with Crippen molar-refractivity contribution in [2.45, 2.75) is 44.4 Å². The van der Waals surface area contributed by atoms with Crippen molar-refractivity contribution in [2.24, 2.45) is 5.92 Å². The molecule has 35 heavy (non-hydrogen) atoms. The molecule has 2 fully saturated rings. The summed E-state index contributed by atoms with van der Waals surface area (Å²) in [4.78, 5) is 32.3. The molecule has 184 valence electrons. The van der Waals surface area contributed by atoms with Crippen LogP contribution in [0.15, 0.2) is 60.7 Å². The van der Waals surface area contributed by atoms with Gasteiger partial charge in [0.15, 0.2) is 0 Å². The van der Waals surface area contributed by atoms with Crippen molar-refractivity contribution in [3.8, 4) is 0 Å². The van der Waals surface area contributed by atoms with E-state index in [0.717, 1.165) is 57.5 Å². The fourth-order valence-corrected chi connectivity index (χ4v) is 6.12. The van der Waals surface area contributed by atoms with Crippen LogP contribution >= 0.6 is 0 Å². The molecule has 5 nitrogen and oxygen atoms in total. The third-order valence-corrected chi connectivity index (χ3v) is 8.07. The van der Waals surface area contributed by atoms with E-state index in [1.165, 1.54) is 11.1 Å². The SMILES string of the molecule is CCCN1CC(C(=O)N(CCCN2CCC3(C=Cc4ccccc43)CC2)c2ccccc2)CC1=O. The van der Waals surface area contributed by atoms with E-state index < -0.39 is 0 Å². The molecule has 1 spiro atoms. The number of allylic oxidation sites excluding steroid dienone is 1. The molecule has 2 aromatic carbocycles.